The summed E-state index contributed by atoms with van der Waals surface area (Å²) in [6.07, 6.45) is 0. The molecule has 2 atom stereocenters. The van der Waals surface area contributed by atoms with E-state index in [1.807, 2.05) is 0 Å². The zero-order valence-corrected chi connectivity index (χ0v) is 15.0. The molecule has 2 aromatic carbocycles. The Kier molecular flexibility index (Phi) is 5.23. The van der Waals surface area contributed by atoms with Gasteiger partial charge in [-0.25, -0.2) is 4.79 Å². The van der Waals surface area contributed by atoms with E-state index in [1.165, 1.54) is 7.11 Å². The zero-order chi connectivity index (χ0) is 18.7. The van der Waals surface area contributed by atoms with Gasteiger partial charge in [0.15, 0.2) is 6.04 Å². The van der Waals surface area contributed by atoms with Crippen molar-refractivity contribution in [1.29, 1.82) is 0 Å². The number of hydrazone groups is 1. The van der Waals surface area contributed by atoms with E-state index in [9.17, 15) is 9.59 Å². The van der Waals surface area contributed by atoms with Crippen LogP contribution in [0.25, 0.3) is 0 Å². The maximum Gasteiger partial charge on any atom is 0.330 e. The number of esters is 1. The highest BCUT2D eigenvalue weighted by Crippen LogP contribution is 2.30. The van der Waals surface area contributed by atoms with Crippen molar-refractivity contribution in [1.82, 2.24) is 5.43 Å². The van der Waals surface area contributed by atoms with E-state index in [4.69, 9.17) is 21.1 Å². The Hall–Kier alpha value is -2.86. The monoisotopic (exact) mass is 372 g/mol. The lowest BCUT2D eigenvalue weighted by Crippen LogP contribution is -2.38. The minimum atomic E-state index is -0.778. The van der Waals surface area contributed by atoms with Crippen molar-refractivity contribution >= 4 is 29.1 Å². The second-order valence-corrected chi connectivity index (χ2v) is 6.15. The first-order valence-electron chi connectivity index (χ1n) is 7.90. The number of carbonyl (C=O) groups is 2. The number of nitrogens with one attached hydrogen (secondary N) is 1. The summed E-state index contributed by atoms with van der Waals surface area (Å²) >= 11 is 5.89. The second-order valence-electron chi connectivity index (χ2n) is 5.71. The molecular formula is C19H17ClN2O4. The number of ketones is 1. The highest BCUT2D eigenvalue weighted by molar-refractivity contribution is 6.48. The Morgan fingerprint density at radius 2 is 1.69 bits per heavy atom. The standard InChI is InChI=1S/C19H17ClN2O4/c1-25-14-9-5-11(6-10-14)15-16(21-22-17(15)19(24)26-2)18(23)12-3-7-13(20)8-4-12/h3-10,15,17,22H,1-2H3/t15-,17+/m0/s1. The fourth-order valence-electron chi connectivity index (χ4n) is 2.86. The van der Waals surface area contributed by atoms with Gasteiger partial charge in [0.05, 0.1) is 20.1 Å². The lowest BCUT2D eigenvalue weighted by Gasteiger charge is -2.19. The number of hydrogen-bond acceptors (Lipinski definition) is 6. The highest BCUT2D eigenvalue weighted by atomic mass is 35.5. The largest absolute Gasteiger partial charge is 0.497 e. The Balaban J connectivity index is 1.97. The van der Waals surface area contributed by atoms with Gasteiger partial charge in [-0.2, -0.15) is 5.10 Å². The molecule has 26 heavy (non-hydrogen) atoms. The summed E-state index contributed by atoms with van der Waals surface area (Å²) in [6, 6.07) is 12.9. The predicted molar refractivity (Wildman–Crippen MR) is 97.9 cm³/mol. The van der Waals surface area contributed by atoms with Crippen LogP contribution in [-0.2, 0) is 9.53 Å². The second kappa shape index (κ2) is 7.58. The van der Waals surface area contributed by atoms with Crippen molar-refractivity contribution in [2.75, 3.05) is 14.2 Å². The quantitative estimate of drug-likeness (QED) is 0.645. The van der Waals surface area contributed by atoms with Crippen LogP contribution < -0.4 is 10.2 Å². The SMILES string of the molecule is COC(=O)[C@@H]1NN=C(C(=O)c2ccc(Cl)cc2)[C@@H]1c1ccc(OC)cc1. The summed E-state index contributed by atoms with van der Waals surface area (Å²) in [5.74, 6) is -0.664. The number of nitrogens with zero attached hydrogens (tertiary/aromatic N) is 1. The van der Waals surface area contributed by atoms with Crippen molar-refractivity contribution in [2.24, 2.45) is 5.10 Å². The number of rotatable bonds is 5. The van der Waals surface area contributed by atoms with E-state index in [0.717, 1.165) is 5.56 Å². The Bertz CT molecular complexity index is 847. The Morgan fingerprint density at radius 1 is 1.04 bits per heavy atom. The average Bonchev–Trinajstić information content (AvgIpc) is 3.12. The van der Waals surface area contributed by atoms with Crippen LogP contribution in [0.2, 0.25) is 5.02 Å². The van der Waals surface area contributed by atoms with Crippen molar-refractivity contribution < 1.29 is 19.1 Å². The van der Waals surface area contributed by atoms with Crippen LogP contribution in [-0.4, -0.2) is 37.7 Å². The summed E-state index contributed by atoms with van der Waals surface area (Å²) in [6.45, 7) is 0. The fourth-order valence-corrected chi connectivity index (χ4v) is 2.99. The number of Topliss-reactive ketones (excluding diaryl/α,β-unsaturated/α-hetero) is 1. The minimum Gasteiger partial charge on any atom is -0.497 e. The molecule has 0 fully saturated rings. The van der Waals surface area contributed by atoms with Crippen molar-refractivity contribution in [3.8, 4) is 5.75 Å². The number of carbonyl (C=O) groups excluding carboxylic acids is 2. The number of benzene rings is 2. The molecule has 0 amide bonds. The lowest BCUT2D eigenvalue weighted by atomic mass is 9.85. The highest BCUT2D eigenvalue weighted by Gasteiger charge is 2.41. The van der Waals surface area contributed by atoms with Gasteiger partial charge >= 0.3 is 5.97 Å². The van der Waals surface area contributed by atoms with Crippen LogP contribution in [0, 0.1) is 0 Å². The van der Waals surface area contributed by atoms with Gasteiger partial charge in [0.25, 0.3) is 0 Å². The molecule has 1 aliphatic rings. The number of halogens is 1. The molecule has 7 heteroatoms. The van der Waals surface area contributed by atoms with E-state index in [-0.39, 0.29) is 11.5 Å². The molecule has 6 nitrogen and oxygen atoms in total. The first-order chi connectivity index (χ1) is 12.5. The third-order valence-electron chi connectivity index (χ3n) is 4.22. The van der Waals surface area contributed by atoms with Crippen molar-refractivity contribution in [2.45, 2.75) is 12.0 Å². The van der Waals surface area contributed by atoms with E-state index in [1.54, 1.807) is 55.6 Å². The van der Waals surface area contributed by atoms with Gasteiger partial charge in [-0.1, -0.05) is 23.7 Å². The minimum absolute atomic E-state index is 0.243. The maximum absolute atomic E-state index is 12.9. The van der Waals surface area contributed by atoms with E-state index < -0.39 is 17.9 Å². The zero-order valence-electron chi connectivity index (χ0n) is 14.2. The van der Waals surface area contributed by atoms with Gasteiger partial charge in [0, 0.05) is 10.6 Å². The molecule has 134 valence electrons. The smallest absolute Gasteiger partial charge is 0.330 e. The molecule has 1 N–H and O–H groups in total. The summed E-state index contributed by atoms with van der Waals surface area (Å²) < 4.78 is 10.0. The molecule has 0 aromatic heterocycles. The van der Waals surface area contributed by atoms with Crippen LogP contribution in [0.15, 0.2) is 53.6 Å². The summed E-state index contributed by atoms with van der Waals surface area (Å²) in [4.78, 5) is 25.1. The van der Waals surface area contributed by atoms with Gasteiger partial charge in [-0.15, -0.1) is 0 Å². The third-order valence-corrected chi connectivity index (χ3v) is 4.47. The van der Waals surface area contributed by atoms with E-state index in [2.05, 4.69) is 10.5 Å². The summed E-state index contributed by atoms with van der Waals surface area (Å²) in [7, 11) is 2.87. The van der Waals surface area contributed by atoms with Crippen molar-refractivity contribution in [3.05, 3.63) is 64.7 Å². The van der Waals surface area contributed by atoms with Crippen LogP contribution in [0.3, 0.4) is 0 Å². The Morgan fingerprint density at radius 3 is 2.27 bits per heavy atom. The van der Waals surface area contributed by atoms with Gasteiger partial charge in [0.2, 0.25) is 5.78 Å². The van der Waals surface area contributed by atoms with Gasteiger partial charge in [-0.3, -0.25) is 10.2 Å². The molecule has 0 saturated carbocycles. The van der Waals surface area contributed by atoms with Crippen LogP contribution in [0.4, 0.5) is 0 Å². The lowest BCUT2D eigenvalue weighted by molar-refractivity contribution is -0.143. The molecule has 3 rings (SSSR count). The number of methoxy groups -OCH3 is 2. The molecule has 0 unspecified atom stereocenters. The summed E-state index contributed by atoms with van der Waals surface area (Å²) in [5.41, 5.74) is 4.18. The molecule has 0 bridgehead atoms. The van der Waals surface area contributed by atoms with Gasteiger partial charge in [-0.05, 0) is 42.0 Å². The maximum atomic E-state index is 12.9. The first-order valence-corrected chi connectivity index (χ1v) is 8.28. The Labute approximate surface area is 155 Å². The normalized spacial score (nSPS) is 18.7. The molecule has 0 radical (unpaired) electrons. The number of ether oxygens (including phenoxy) is 2. The predicted octanol–water partition coefficient (Wildman–Crippen LogP) is 2.82. The van der Waals surface area contributed by atoms with Crippen LogP contribution in [0.5, 0.6) is 5.75 Å². The van der Waals surface area contributed by atoms with Crippen LogP contribution >= 0.6 is 11.6 Å². The molecule has 0 spiro atoms. The number of hydrogen-bond donors (Lipinski definition) is 1. The van der Waals surface area contributed by atoms with Gasteiger partial charge in [0.1, 0.15) is 11.5 Å². The topological polar surface area (TPSA) is 77.0 Å². The fraction of sp³-hybridized carbons (Fsp3) is 0.211. The molecule has 2 aromatic rings. The first kappa shape index (κ1) is 17.9. The average molecular weight is 373 g/mol. The summed E-state index contributed by atoms with van der Waals surface area (Å²) in [5, 5.41) is 4.67. The van der Waals surface area contributed by atoms with E-state index in [0.29, 0.717) is 16.3 Å². The molecule has 0 aliphatic carbocycles. The van der Waals surface area contributed by atoms with Gasteiger partial charge < -0.3 is 9.47 Å². The third kappa shape index (κ3) is 3.41. The molecule has 1 heterocycles. The van der Waals surface area contributed by atoms with Crippen LogP contribution in [0.1, 0.15) is 21.8 Å². The molecule has 1 aliphatic heterocycles. The van der Waals surface area contributed by atoms with Crippen molar-refractivity contribution in [3.63, 3.8) is 0 Å². The molecule has 0 saturated heterocycles. The molecular weight excluding hydrogens is 356 g/mol. The van der Waals surface area contributed by atoms with E-state index >= 15 is 0 Å².